The van der Waals surface area contributed by atoms with Crippen molar-refractivity contribution in [2.24, 2.45) is 11.8 Å². The van der Waals surface area contributed by atoms with Gasteiger partial charge < -0.3 is 19.7 Å². The smallest absolute Gasteiger partial charge is 0.391 e. The number of hydrogen-bond acceptors (Lipinski definition) is 9. The highest BCUT2D eigenvalue weighted by Crippen LogP contribution is 2.40. The van der Waals surface area contributed by atoms with E-state index in [0.29, 0.717) is 43.1 Å². The number of amides is 6. The zero-order valence-electron chi connectivity index (χ0n) is 34.2. The molecule has 3 aromatic rings. The minimum absolute atomic E-state index is 0.00564. The molecule has 2 aliphatic heterocycles. The molecule has 1 atom stereocenters. The van der Waals surface area contributed by atoms with E-state index in [-0.39, 0.29) is 67.3 Å². The van der Waals surface area contributed by atoms with Crippen LogP contribution in [-0.4, -0.2) is 89.8 Å². The fraction of sp³-hybridized carbons (Fsp3) is 0.444. The van der Waals surface area contributed by atoms with Gasteiger partial charge in [-0.3, -0.25) is 39.0 Å². The topological polar surface area (TPSA) is 164 Å². The molecule has 16 heteroatoms. The number of allylic oxidation sites excluding steroid dienone is 1. The first-order valence-corrected chi connectivity index (χ1v) is 20.6. The quantitative estimate of drug-likeness (QED) is 0.115. The highest BCUT2D eigenvalue weighted by atomic mass is 19.4. The average Bonchev–Trinajstić information content (AvgIpc) is 3.48. The lowest BCUT2D eigenvalue weighted by molar-refractivity contribution is -0.183. The molecule has 1 unspecified atom stereocenters. The van der Waals surface area contributed by atoms with Gasteiger partial charge in [0, 0.05) is 32.1 Å². The van der Waals surface area contributed by atoms with Gasteiger partial charge in [0.1, 0.15) is 23.2 Å². The number of methoxy groups -OCH3 is 1. The normalized spacial score (nSPS) is 19.2. The van der Waals surface area contributed by atoms with Gasteiger partial charge in [-0.1, -0.05) is 49.3 Å². The first-order valence-electron chi connectivity index (χ1n) is 20.6. The molecule has 3 aliphatic rings. The number of unbranched alkanes of at least 4 members (excludes halogenated alkanes) is 3. The molecule has 6 rings (SSSR count). The van der Waals surface area contributed by atoms with Gasteiger partial charge in [-0.2, -0.15) is 13.2 Å². The molecular weight excluding hydrogens is 796 g/mol. The number of rotatable bonds is 17. The Labute approximate surface area is 352 Å². The van der Waals surface area contributed by atoms with Gasteiger partial charge in [0.15, 0.2) is 0 Å². The number of nitrogens with zero attached hydrogens (tertiary/aromatic N) is 3. The number of likely N-dealkylation sites (N-methyl/N-ethyl adjacent to an activating group) is 1. The molecule has 1 saturated heterocycles. The number of imide groups is 2. The third kappa shape index (κ3) is 11.4. The fourth-order valence-electron chi connectivity index (χ4n) is 7.85. The Kier molecular flexibility index (Phi) is 14.6. The molecule has 2 fully saturated rings. The number of pyridine rings is 1. The van der Waals surface area contributed by atoms with E-state index in [1.807, 2.05) is 30.3 Å². The number of aromatic nitrogens is 1. The van der Waals surface area contributed by atoms with Crippen molar-refractivity contribution in [1.29, 1.82) is 0 Å². The van der Waals surface area contributed by atoms with E-state index in [4.69, 9.17) is 9.47 Å². The first-order chi connectivity index (χ1) is 29.2. The SMILES string of the molecule is COc1cnc(C(=O)NCc2cccc(CC(=O)N(C)CCCCCCOc3ccc4c(c3)C(=O)N(C3CCC(=O)NC3=O)C4=O)c2)cc1/C=C/[C@H]1CC[C@H](C(F)(F)F)CC1. The Bertz CT molecular complexity index is 2170. The minimum atomic E-state index is -4.16. The van der Waals surface area contributed by atoms with Crippen molar-refractivity contribution in [3.8, 4) is 11.5 Å². The molecule has 2 N–H and O–H groups in total. The van der Waals surface area contributed by atoms with Crippen LogP contribution < -0.4 is 20.1 Å². The molecule has 2 aromatic carbocycles. The number of nitrogens with one attached hydrogen (secondary N) is 2. The molecular formula is C45H50F3N5O8. The van der Waals surface area contributed by atoms with E-state index in [2.05, 4.69) is 15.6 Å². The maximum Gasteiger partial charge on any atom is 0.391 e. The number of piperidine rings is 1. The lowest BCUT2D eigenvalue weighted by Gasteiger charge is -2.28. The number of carbonyl (C=O) groups is 6. The van der Waals surface area contributed by atoms with Gasteiger partial charge >= 0.3 is 6.18 Å². The maximum absolute atomic E-state index is 13.1. The molecule has 0 bridgehead atoms. The van der Waals surface area contributed by atoms with Crippen LogP contribution in [0.4, 0.5) is 13.2 Å². The van der Waals surface area contributed by atoms with Crippen molar-refractivity contribution in [3.63, 3.8) is 0 Å². The number of alkyl halides is 3. The number of halogens is 3. The van der Waals surface area contributed by atoms with Gasteiger partial charge in [-0.15, -0.1) is 0 Å². The first kappa shape index (κ1) is 44.5. The predicted octanol–water partition coefficient (Wildman–Crippen LogP) is 6.44. The molecule has 0 spiro atoms. The van der Waals surface area contributed by atoms with Crippen LogP contribution in [0.25, 0.3) is 6.08 Å². The third-order valence-electron chi connectivity index (χ3n) is 11.4. The van der Waals surface area contributed by atoms with Gasteiger partial charge in [0.25, 0.3) is 17.7 Å². The van der Waals surface area contributed by atoms with Gasteiger partial charge in [-0.05, 0) is 86.3 Å². The van der Waals surface area contributed by atoms with Crippen LogP contribution in [0.2, 0.25) is 0 Å². The van der Waals surface area contributed by atoms with Gasteiger partial charge in [0.05, 0.1) is 43.4 Å². The molecule has 61 heavy (non-hydrogen) atoms. The summed E-state index contributed by atoms with van der Waals surface area (Å²) < 4.78 is 50.5. The second-order valence-corrected chi connectivity index (χ2v) is 15.7. The predicted molar refractivity (Wildman–Crippen MR) is 217 cm³/mol. The standard InChI is InChI=1S/C45H50F3N5O8/c1-52(20-5-3-4-6-21-61-33-16-17-34-35(25-33)44(59)53(43(34)58)37-18-19-39(54)51-42(37)57)40(55)23-29-8-7-9-30(22-29)26-50-41(56)36-24-31(38(60-2)27-49-36)13-10-28-11-14-32(15-12-28)45(46,47)48/h7-10,13,16-17,22,24-25,27-28,32,37H,3-6,11-12,14-15,18-21,23,26H2,1-2H3,(H,50,56)(H,51,54,57)/b13-10+/t28-,32-,37?. The van der Waals surface area contributed by atoms with Crippen LogP contribution >= 0.6 is 0 Å². The zero-order chi connectivity index (χ0) is 43.7. The summed E-state index contributed by atoms with van der Waals surface area (Å²) in [5, 5.41) is 5.05. The number of hydrogen-bond donors (Lipinski definition) is 2. The lowest BCUT2D eigenvalue weighted by atomic mass is 9.81. The number of ether oxygens (including phenoxy) is 2. The molecule has 6 amide bonds. The average molecular weight is 846 g/mol. The maximum atomic E-state index is 13.1. The highest BCUT2D eigenvalue weighted by molar-refractivity contribution is 6.23. The Morgan fingerprint density at radius 2 is 1.67 bits per heavy atom. The molecule has 324 valence electrons. The van der Waals surface area contributed by atoms with Crippen LogP contribution in [0.3, 0.4) is 0 Å². The van der Waals surface area contributed by atoms with Crippen LogP contribution in [0.15, 0.2) is 60.8 Å². The van der Waals surface area contributed by atoms with E-state index >= 15 is 0 Å². The van der Waals surface area contributed by atoms with Crippen molar-refractivity contribution < 1.29 is 51.4 Å². The van der Waals surface area contributed by atoms with Crippen molar-refractivity contribution in [1.82, 2.24) is 25.4 Å². The molecule has 1 saturated carbocycles. The Morgan fingerprint density at radius 3 is 2.41 bits per heavy atom. The molecule has 1 aromatic heterocycles. The second kappa shape index (κ2) is 20.0. The van der Waals surface area contributed by atoms with Gasteiger partial charge in [0.2, 0.25) is 17.7 Å². The van der Waals surface area contributed by atoms with Gasteiger partial charge in [-0.25, -0.2) is 4.98 Å². The van der Waals surface area contributed by atoms with E-state index in [0.717, 1.165) is 41.7 Å². The largest absolute Gasteiger partial charge is 0.495 e. The monoisotopic (exact) mass is 845 g/mol. The third-order valence-corrected chi connectivity index (χ3v) is 11.4. The van der Waals surface area contributed by atoms with Crippen LogP contribution in [-0.2, 0) is 27.3 Å². The summed E-state index contributed by atoms with van der Waals surface area (Å²) in [7, 11) is 3.25. The van der Waals surface area contributed by atoms with E-state index in [1.165, 1.54) is 25.4 Å². The summed E-state index contributed by atoms with van der Waals surface area (Å²) in [6, 6.07) is 12.6. The molecule has 1 aliphatic carbocycles. The Morgan fingerprint density at radius 1 is 0.934 bits per heavy atom. The Hall–Kier alpha value is -6.06. The van der Waals surface area contributed by atoms with Crippen LogP contribution in [0, 0.1) is 11.8 Å². The van der Waals surface area contributed by atoms with Crippen LogP contribution in [0.5, 0.6) is 11.5 Å². The van der Waals surface area contributed by atoms with Crippen molar-refractivity contribution in [3.05, 3.63) is 94.3 Å². The van der Waals surface area contributed by atoms with Crippen molar-refractivity contribution in [2.75, 3.05) is 27.3 Å². The molecule has 0 radical (unpaired) electrons. The lowest BCUT2D eigenvalue weighted by Crippen LogP contribution is -2.54. The summed E-state index contributed by atoms with van der Waals surface area (Å²) in [6.45, 7) is 1.17. The highest BCUT2D eigenvalue weighted by Gasteiger charge is 2.45. The Balaban J connectivity index is 0.887. The van der Waals surface area contributed by atoms with E-state index in [1.54, 1.807) is 30.2 Å². The van der Waals surface area contributed by atoms with Crippen molar-refractivity contribution >= 4 is 41.5 Å². The van der Waals surface area contributed by atoms with E-state index < -0.39 is 47.7 Å². The fourth-order valence-corrected chi connectivity index (χ4v) is 7.85. The molecule has 3 heterocycles. The summed E-state index contributed by atoms with van der Waals surface area (Å²) in [5.74, 6) is -3.07. The summed E-state index contributed by atoms with van der Waals surface area (Å²) in [6.07, 6.45) is 5.59. The molecule has 13 nitrogen and oxygen atoms in total. The summed E-state index contributed by atoms with van der Waals surface area (Å²) in [5.41, 5.74) is 2.74. The number of benzene rings is 2. The number of carbonyl (C=O) groups excluding carboxylic acids is 6. The second-order valence-electron chi connectivity index (χ2n) is 15.7. The minimum Gasteiger partial charge on any atom is -0.495 e. The summed E-state index contributed by atoms with van der Waals surface area (Å²) in [4.78, 5) is 82.8. The summed E-state index contributed by atoms with van der Waals surface area (Å²) >= 11 is 0. The number of fused-ring (bicyclic) bond motifs is 1. The van der Waals surface area contributed by atoms with E-state index in [9.17, 15) is 41.9 Å². The van der Waals surface area contributed by atoms with Crippen molar-refractivity contribution in [2.45, 2.75) is 89.4 Å². The zero-order valence-corrected chi connectivity index (χ0v) is 34.2. The van der Waals surface area contributed by atoms with Crippen LogP contribution in [0.1, 0.15) is 112 Å².